The van der Waals surface area contributed by atoms with Crippen LogP contribution in [0.1, 0.15) is 23.7 Å². The highest BCUT2D eigenvalue weighted by Crippen LogP contribution is 2.37. The van der Waals surface area contributed by atoms with Gasteiger partial charge in [-0.2, -0.15) is 5.26 Å². The van der Waals surface area contributed by atoms with Crippen molar-refractivity contribution in [3.63, 3.8) is 0 Å². The number of halogens is 1. The molecule has 4 aromatic rings. The zero-order chi connectivity index (χ0) is 27.8. The van der Waals surface area contributed by atoms with Gasteiger partial charge in [-0.15, -0.1) is 0 Å². The number of hydrogen-bond acceptors (Lipinski definition) is 8. The fourth-order valence-electron chi connectivity index (χ4n) is 3.95. The van der Waals surface area contributed by atoms with E-state index >= 15 is 0 Å². The molecule has 4 N–H and O–H groups in total. The van der Waals surface area contributed by atoms with Crippen LogP contribution in [-0.4, -0.2) is 36.1 Å². The Hall–Kier alpha value is -4.65. The van der Waals surface area contributed by atoms with Crippen molar-refractivity contribution in [3.8, 4) is 17.6 Å². The molecule has 39 heavy (non-hydrogen) atoms. The van der Waals surface area contributed by atoms with E-state index in [1.807, 2.05) is 25.1 Å². The number of nitrogens with zero attached hydrogens (tertiary/aromatic N) is 3. The molecule has 1 amide bonds. The summed E-state index contributed by atoms with van der Waals surface area (Å²) in [6, 6.07) is 16.5. The van der Waals surface area contributed by atoms with Crippen molar-refractivity contribution in [2.24, 2.45) is 5.73 Å². The summed E-state index contributed by atoms with van der Waals surface area (Å²) in [5.41, 5.74) is 9.31. The van der Waals surface area contributed by atoms with E-state index in [9.17, 15) is 10.1 Å². The van der Waals surface area contributed by atoms with E-state index in [2.05, 4.69) is 26.7 Å². The third-order valence-corrected chi connectivity index (χ3v) is 6.05. The number of carbonyl (C=O) groups excluding carboxylic acids is 1. The van der Waals surface area contributed by atoms with E-state index in [4.69, 9.17) is 26.8 Å². The molecular formula is C29H27ClN6O3. The fraction of sp³-hybridized carbons (Fsp3) is 0.172. The van der Waals surface area contributed by atoms with Crippen LogP contribution in [0.5, 0.6) is 11.5 Å². The second kappa shape index (κ2) is 12.7. The van der Waals surface area contributed by atoms with Gasteiger partial charge in [0.05, 0.1) is 34.1 Å². The first-order valence-corrected chi connectivity index (χ1v) is 12.6. The number of pyridine rings is 2. The Kier molecular flexibility index (Phi) is 8.94. The number of nitriles is 1. The van der Waals surface area contributed by atoms with E-state index in [0.29, 0.717) is 68.7 Å². The molecule has 10 heteroatoms. The minimum atomic E-state index is -0.600. The predicted octanol–water partition coefficient (Wildman–Crippen LogP) is 4.96. The monoisotopic (exact) mass is 542 g/mol. The van der Waals surface area contributed by atoms with Crippen LogP contribution in [0, 0.1) is 11.3 Å². The van der Waals surface area contributed by atoms with Crippen LogP contribution in [0.3, 0.4) is 0 Å². The first-order valence-electron chi connectivity index (χ1n) is 12.2. The van der Waals surface area contributed by atoms with Gasteiger partial charge in [-0.3, -0.25) is 14.8 Å². The molecule has 0 spiro atoms. The lowest BCUT2D eigenvalue weighted by atomic mass is 9.99. The summed E-state index contributed by atoms with van der Waals surface area (Å²) in [5, 5.41) is 17.1. The summed E-state index contributed by atoms with van der Waals surface area (Å²) in [4.78, 5) is 21.1. The van der Waals surface area contributed by atoms with Crippen LogP contribution in [0.25, 0.3) is 16.5 Å². The number of aromatic nitrogens is 2. The van der Waals surface area contributed by atoms with Gasteiger partial charge in [-0.25, -0.2) is 0 Å². The molecule has 2 aromatic heterocycles. The fourth-order valence-corrected chi connectivity index (χ4v) is 4.18. The Balaban J connectivity index is 1.74. The number of amides is 1. The van der Waals surface area contributed by atoms with E-state index in [-0.39, 0.29) is 6.61 Å². The number of anilines is 2. The van der Waals surface area contributed by atoms with E-state index in [0.717, 1.165) is 5.69 Å². The zero-order valence-electron chi connectivity index (χ0n) is 21.5. The molecule has 0 aliphatic heterocycles. The smallest absolute Gasteiger partial charge is 0.249 e. The van der Waals surface area contributed by atoms with Gasteiger partial charge in [0.15, 0.2) is 0 Å². The molecule has 0 radical (unpaired) electrons. The largest absolute Gasteiger partial charge is 0.493 e. The molecule has 0 bridgehead atoms. The van der Waals surface area contributed by atoms with Gasteiger partial charge in [0.1, 0.15) is 24.2 Å². The van der Waals surface area contributed by atoms with Crippen molar-refractivity contribution in [1.82, 2.24) is 15.3 Å². The number of nitrogens with one attached hydrogen (secondary N) is 2. The third-order valence-electron chi connectivity index (χ3n) is 5.76. The Bertz CT molecular complexity index is 1570. The van der Waals surface area contributed by atoms with Crippen LogP contribution in [0.2, 0.25) is 5.02 Å². The first-order chi connectivity index (χ1) is 18.9. The Morgan fingerprint density at radius 3 is 2.67 bits per heavy atom. The highest BCUT2D eigenvalue weighted by Gasteiger charge is 2.19. The van der Waals surface area contributed by atoms with Crippen molar-refractivity contribution < 1.29 is 14.3 Å². The summed E-state index contributed by atoms with van der Waals surface area (Å²) >= 11 is 6.52. The van der Waals surface area contributed by atoms with Gasteiger partial charge in [-0.1, -0.05) is 23.7 Å². The molecule has 9 nitrogen and oxygen atoms in total. The average Bonchev–Trinajstić information content (AvgIpc) is 2.94. The number of fused-ring (bicyclic) bond motifs is 1. The number of rotatable bonds is 11. The van der Waals surface area contributed by atoms with Crippen molar-refractivity contribution in [2.75, 3.05) is 25.5 Å². The summed E-state index contributed by atoms with van der Waals surface area (Å²) < 4.78 is 11.6. The Morgan fingerprint density at radius 2 is 2.00 bits per heavy atom. The maximum Gasteiger partial charge on any atom is 0.249 e. The van der Waals surface area contributed by atoms with Crippen LogP contribution >= 0.6 is 11.6 Å². The number of hydrogen-bond donors (Lipinski definition) is 3. The zero-order valence-corrected chi connectivity index (χ0v) is 22.2. The highest BCUT2D eigenvalue weighted by atomic mass is 35.5. The molecule has 0 aliphatic carbocycles. The first kappa shape index (κ1) is 27.4. The van der Waals surface area contributed by atoms with Gasteiger partial charge in [0.25, 0.3) is 0 Å². The number of primary amides is 1. The van der Waals surface area contributed by atoms with E-state index in [1.54, 1.807) is 49.7 Å². The van der Waals surface area contributed by atoms with Crippen molar-refractivity contribution >= 4 is 45.4 Å². The summed E-state index contributed by atoms with van der Waals surface area (Å²) in [6.45, 7) is 2.93. The van der Waals surface area contributed by atoms with Crippen LogP contribution < -0.4 is 25.8 Å². The Morgan fingerprint density at radius 1 is 1.15 bits per heavy atom. The van der Waals surface area contributed by atoms with E-state index in [1.165, 1.54) is 6.20 Å². The molecule has 0 saturated heterocycles. The lowest BCUT2D eigenvalue weighted by Crippen LogP contribution is -2.16. The SMILES string of the molecule is CCOc1cc2ncc(C#N)c(Nc3ccc(OCc4ccccn4)c(Cl)c3)c2cc1C(=CCNC)C(N)=O. The van der Waals surface area contributed by atoms with Crippen molar-refractivity contribution in [1.29, 1.82) is 5.26 Å². The maximum atomic E-state index is 12.4. The van der Waals surface area contributed by atoms with Gasteiger partial charge in [-0.05, 0) is 50.4 Å². The molecular weight excluding hydrogens is 516 g/mol. The molecule has 0 aliphatic rings. The summed E-state index contributed by atoms with van der Waals surface area (Å²) in [5.74, 6) is 0.363. The van der Waals surface area contributed by atoms with Gasteiger partial charge >= 0.3 is 0 Å². The quantitative estimate of drug-likeness (QED) is 0.226. The van der Waals surface area contributed by atoms with Crippen LogP contribution in [-0.2, 0) is 11.4 Å². The van der Waals surface area contributed by atoms with Crippen molar-refractivity contribution in [2.45, 2.75) is 13.5 Å². The predicted molar refractivity (Wildman–Crippen MR) is 152 cm³/mol. The maximum absolute atomic E-state index is 12.4. The third kappa shape index (κ3) is 6.44. The molecule has 0 unspecified atom stereocenters. The molecule has 0 saturated carbocycles. The van der Waals surface area contributed by atoms with Gasteiger partial charge in [0.2, 0.25) is 5.91 Å². The normalized spacial score (nSPS) is 11.2. The van der Waals surface area contributed by atoms with E-state index < -0.39 is 5.91 Å². The average molecular weight is 543 g/mol. The molecule has 4 rings (SSSR count). The molecule has 0 atom stereocenters. The van der Waals surface area contributed by atoms with Crippen molar-refractivity contribution in [3.05, 3.63) is 88.8 Å². The number of likely N-dealkylation sites (N-methyl/N-ethyl adjacent to an activating group) is 1. The number of carbonyl (C=O) groups is 1. The highest BCUT2D eigenvalue weighted by molar-refractivity contribution is 6.32. The number of nitrogens with two attached hydrogens (primary N) is 1. The molecule has 198 valence electrons. The lowest BCUT2D eigenvalue weighted by molar-refractivity contribution is -0.112. The number of benzene rings is 2. The Labute approximate surface area is 231 Å². The van der Waals surface area contributed by atoms with Gasteiger partial charge < -0.3 is 25.8 Å². The lowest BCUT2D eigenvalue weighted by Gasteiger charge is -2.17. The summed E-state index contributed by atoms with van der Waals surface area (Å²) in [6.07, 6.45) is 4.88. The van der Waals surface area contributed by atoms with Gasteiger partial charge in [0, 0.05) is 47.2 Å². The second-order valence-electron chi connectivity index (χ2n) is 8.38. The molecule has 0 fully saturated rings. The van der Waals surface area contributed by atoms with Crippen LogP contribution in [0.15, 0.2) is 67.0 Å². The molecule has 2 heterocycles. The second-order valence-corrected chi connectivity index (χ2v) is 8.78. The standard InChI is InChI=1S/C29H27ClN6O3/c1-3-38-27-14-25-23(13-22(27)21(29(32)37)9-11-33-2)28(18(15-31)16-35-25)36-19-7-8-26(24(30)12-19)39-17-20-6-4-5-10-34-20/h4-10,12-14,16,33H,3,11,17H2,1-2H3,(H2,32,37)(H,35,36). The van der Waals surface area contributed by atoms with Crippen LogP contribution in [0.4, 0.5) is 11.4 Å². The summed E-state index contributed by atoms with van der Waals surface area (Å²) in [7, 11) is 1.77. The minimum absolute atomic E-state index is 0.273. The minimum Gasteiger partial charge on any atom is -0.493 e. The number of ether oxygens (including phenoxy) is 2. The topological polar surface area (TPSA) is 135 Å². The molecule has 2 aromatic carbocycles.